The minimum absolute atomic E-state index is 0.0145. The largest absolute Gasteiger partial charge is 0.385 e. The first-order chi connectivity index (χ1) is 11.3. The molecule has 7 rings (SSSR count). The summed E-state index contributed by atoms with van der Waals surface area (Å²) in [6.07, 6.45) is 1.37. The minimum atomic E-state index is -0.581. The summed E-state index contributed by atoms with van der Waals surface area (Å²) >= 11 is 0. The van der Waals surface area contributed by atoms with E-state index in [1.54, 1.807) is 0 Å². The molecular weight excluding hydrogens is 288 g/mol. The van der Waals surface area contributed by atoms with Crippen LogP contribution in [0.4, 0.5) is 0 Å². The topological polar surface area (TPSA) is 38.7 Å². The lowest BCUT2D eigenvalue weighted by atomic mass is 9.52. The smallest absolute Gasteiger partial charge is 0.161 e. The van der Waals surface area contributed by atoms with Crippen molar-refractivity contribution in [2.24, 2.45) is 53.3 Å². The van der Waals surface area contributed by atoms with E-state index in [9.17, 15) is 5.11 Å². The molecular formula is C20H22O3. The third-order valence-corrected chi connectivity index (χ3v) is 8.72. The van der Waals surface area contributed by atoms with Gasteiger partial charge in [-0.05, 0) is 59.3 Å². The Morgan fingerprint density at radius 2 is 1.57 bits per heavy atom. The number of hydrogen-bond donors (Lipinski definition) is 1. The van der Waals surface area contributed by atoms with Gasteiger partial charge in [-0.1, -0.05) is 30.3 Å². The van der Waals surface area contributed by atoms with E-state index in [1.165, 1.54) is 12.0 Å². The van der Waals surface area contributed by atoms with Crippen molar-refractivity contribution >= 4 is 0 Å². The second-order valence-corrected chi connectivity index (χ2v) is 8.80. The lowest BCUT2D eigenvalue weighted by molar-refractivity contribution is -0.206. The molecule has 1 heterocycles. The summed E-state index contributed by atoms with van der Waals surface area (Å²) in [7, 11) is 0. The molecule has 0 amide bonds. The van der Waals surface area contributed by atoms with Crippen molar-refractivity contribution in [2.45, 2.75) is 18.3 Å². The van der Waals surface area contributed by atoms with Crippen LogP contribution >= 0.6 is 0 Å². The van der Waals surface area contributed by atoms with Crippen molar-refractivity contribution in [1.82, 2.24) is 0 Å². The molecule has 0 aromatic heterocycles. The Morgan fingerprint density at radius 1 is 0.826 bits per heavy atom. The van der Waals surface area contributed by atoms with E-state index in [1.807, 2.05) is 0 Å². The highest BCUT2D eigenvalue weighted by molar-refractivity contribution is 5.40. The molecule has 3 heteroatoms. The Bertz CT molecular complexity index is 683. The fraction of sp³-hybridized carbons (Fsp3) is 0.700. The Labute approximate surface area is 136 Å². The van der Waals surface area contributed by atoms with Crippen LogP contribution in [0.3, 0.4) is 0 Å². The van der Waals surface area contributed by atoms with Gasteiger partial charge in [-0.15, -0.1) is 0 Å². The lowest BCUT2D eigenvalue weighted by Gasteiger charge is -2.55. The zero-order valence-corrected chi connectivity index (χ0v) is 13.0. The van der Waals surface area contributed by atoms with Crippen molar-refractivity contribution < 1.29 is 14.6 Å². The van der Waals surface area contributed by atoms with Crippen LogP contribution in [0.25, 0.3) is 0 Å². The molecule has 3 nitrogen and oxygen atoms in total. The zero-order chi connectivity index (χ0) is 14.9. The summed E-state index contributed by atoms with van der Waals surface area (Å²) in [5, 5.41) is 11.9. The molecule has 1 aromatic carbocycles. The normalized spacial score (nSPS) is 60.8. The second-order valence-electron chi connectivity index (χ2n) is 8.80. The maximum absolute atomic E-state index is 11.9. The number of fused-ring (bicyclic) bond motifs is 2. The zero-order valence-electron chi connectivity index (χ0n) is 13.0. The number of benzene rings is 1. The molecule has 0 radical (unpaired) electrons. The quantitative estimate of drug-likeness (QED) is 0.910. The molecule has 5 aliphatic carbocycles. The monoisotopic (exact) mass is 310 g/mol. The number of hydrogen-bond acceptors (Lipinski definition) is 3. The predicted molar refractivity (Wildman–Crippen MR) is 82.1 cm³/mol. The van der Waals surface area contributed by atoms with Crippen LogP contribution in [0, 0.1) is 53.3 Å². The molecule has 1 N–H and O–H groups in total. The van der Waals surface area contributed by atoms with Crippen molar-refractivity contribution in [2.75, 3.05) is 13.2 Å². The van der Waals surface area contributed by atoms with Crippen molar-refractivity contribution in [1.29, 1.82) is 0 Å². The third-order valence-electron chi connectivity index (χ3n) is 8.72. The Kier molecular flexibility index (Phi) is 2.00. The van der Waals surface area contributed by atoms with Gasteiger partial charge in [0, 0.05) is 5.92 Å². The molecule has 6 fully saturated rings. The molecule has 0 unspecified atom stereocenters. The van der Waals surface area contributed by atoms with Crippen molar-refractivity contribution in [3.63, 3.8) is 0 Å². The van der Waals surface area contributed by atoms with E-state index in [0.29, 0.717) is 29.6 Å². The SMILES string of the molecule is O[C@]1(c2ccccc2)[C@H]2[C@@H]3[C@H]4C[C@H]5[C@@H]3[C@H]2[C@@H](C2OCCO2)[C@@H]5[C@H]41. The van der Waals surface area contributed by atoms with Gasteiger partial charge < -0.3 is 14.6 Å². The first-order valence-electron chi connectivity index (χ1n) is 9.33. The van der Waals surface area contributed by atoms with Gasteiger partial charge in [0.15, 0.2) is 6.29 Å². The number of ether oxygens (including phenoxy) is 2. The molecule has 1 aromatic rings. The fourth-order valence-corrected chi connectivity index (χ4v) is 8.71. The van der Waals surface area contributed by atoms with Crippen LogP contribution in [0.1, 0.15) is 12.0 Å². The highest BCUT2D eigenvalue weighted by Crippen LogP contribution is 2.88. The van der Waals surface area contributed by atoms with E-state index in [4.69, 9.17) is 9.47 Å². The molecule has 0 spiro atoms. The van der Waals surface area contributed by atoms with Gasteiger partial charge in [0.25, 0.3) is 0 Å². The number of rotatable bonds is 2. The maximum atomic E-state index is 11.9. The first-order valence-corrected chi connectivity index (χ1v) is 9.33. The summed E-state index contributed by atoms with van der Waals surface area (Å²) in [6, 6.07) is 10.5. The number of aliphatic hydroxyl groups is 1. The average Bonchev–Trinajstić information content (AvgIpc) is 3.25. The van der Waals surface area contributed by atoms with Gasteiger partial charge in [0.2, 0.25) is 0 Å². The second kappa shape index (κ2) is 3.68. The maximum Gasteiger partial charge on any atom is 0.161 e. The van der Waals surface area contributed by atoms with Crippen molar-refractivity contribution in [3.8, 4) is 0 Å². The molecule has 1 aliphatic heterocycles. The first kappa shape index (κ1) is 12.5. The summed E-state index contributed by atoms with van der Waals surface area (Å²) < 4.78 is 11.9. The summed E-state index contributed by atoms with van der Waals surface area (Å²) in [6.45, 7) is 1.50. The molecule has 23 heavy (non-hydrogen) atoms. The molecule has 1 saturated heterocycles. The fourth-order valence-electron chi connectivity index (χ4n) is 8.71. The van der Waals surface area contributed by atoms with Crippen LogP contribution in [0.5, 0.6) is 0 Å². The predicted octanol–water partition coefficient (Wildman–Crippen LogP) is 2.25. The van der Waals surface area contributed by atoms with Crippen LogP contribution < -0.4 is 0 Å². The van der Waals surface area contributed by atoms with Crippen LogP contribution in [0.2, 0.25) is 0 Å². The van der Waals surface area contributed by atoms with Gasteiger partial charge in [-0.2, -0.15) is 0 Å². The van der Waals surface area contributed by atoms with E-state index < -0.39 is 5.60 Å². The molecule has 120 valence electrons. The Hall–Kier alpha value is -0.900. The van der Waals surface area contributed by atoms with Crippen LogP contribution in [-0.4, -0.2) is 24.6 Å². The van der Waals surface area contributed by atoms with Crippen LogP contribution in [0.15, 0.2) is 30.3 Å². The molecule has 5 saturated carbocycles. The highest BCUT2D eigenvalue weighted by atomic mass is 16.7. The Balaban J connectivity index is 1.39. The van der Waals surface area contributed by atoms with Crippen LogP contribution in [-0.2, 0) is 15.1 Å². The standard InChI is InChI=1S/C20H22O3/c21-20(9-4-2-1-3-5-9)17-11-8-10-12-14(11)18(20)15(12)16(13(10)17)19-22-6-7-23-19/h1-5,10-19,21H,6-8H2/t10-,11+,12-,13+,14+,15-,16-,17-,18-,20-/m0/s1. The van der Waals surface area contributed by atoms with Gasteiger partial charge in [-0.25, -0.2) is 0 Å². The van der Waals surface area contributed by atoms with Gasteiger partial charge in [-0.3, -0.25) is 0 Å². The molecule has 2 bridgehead atoms. The summed E-state index contributed by atoms with van der Waals surface area (Å²) in [5.41, 5.74) is 0.591. The van der Waals surface area contributed by atoms with E-state index in [-0.39, 0.29) is 6.29 Å². The van der Waals surface area contributed by atoms with Gasteiger partial charge in [0.1, 0.15) is 0 Å². The van der Waals surface area contributed by atoms with E-state index >= 15 is 0 Å². The Morgan fingerprint density at radius 3 is 2.35 bits per heavy atom. The third kappa shape index (κ3) is 1.09. The lowest BCUT2D eigenvalue weighted by Crippen LogP contribution is -2.57. The summed E-state index contributed by atoms with van der Waals surface area (Å²) in [5.74, 6) is 5.94. The van der Waals surface area contributed by atoms with Gasteiger partial charge in [0.05, 0.1) is 18.8 Å². The van der Waals surface area contributed by atoms with Crippen molar-refractivity contribution in [3.05, 3.63) is 35.9 Å². The minimum Gasteiger partial charge on any atom is -0.385 e. The van der Waals surface area contributed by atoms with E-state index in [2.05, 4.69) is 30.3 Å². The molecule has 10 atom stereocenters. The summed E-state index contributed by atoms with van der Waals surface area (Å²) in [4.78, 5) is 0. The molecule has 6 aliphatic rings. The van der Waals surface area contributed by atoms with E-state index in [0.717, 1.165) is 36.9 Å². The average molecular weight is 310 g/mol. The van der Waals surface area contributed by atoms with Gasteiger partial charge >= 0.3 is 0 Å². The highest BCUT2D eigenvalue weighted by Gasteiger charge is 2.88.